The second-order valence-electron chi connectivity index (χ2n) is 5.61. The molecular weight excluding hydrogens is 325 g/mol. The maximum absolute atomic E-state index is 12.3. The highest BCUT2D eigenvalue weighted by molar-refractivity contribution is 5.94. The number of anilines is 1. The number of halogens is 3. The molecule has 0 aliphatic rings. The third-order valence-corrected chi connectivity index (χ3v) is 3.30. The second kappa shape index (κ2) is 8.68. The lowest BCUT2D eigenvalue weighted by Gasteiger charge is -2.22. The van der Waals surface area contributed by atoms with Crippen LogP contribution in [0.1, 0.15) is 13.8 Å². The molecule has 0 aromatic heterocycles. The summed E-state index contributed by atoms with van der Waals surface area (Å²) in [5, 5.41) is 2.12. The van der Waals surface area contributed by atoms with Crippen molar-refractivity contribution in [2.24, 2.45) is 5.92 Å². The number of likely N-dealkylation sites (N-methyl/N-ethyl adjacent to an activating group) is 1. The molecule has 134 valence electrons. The fourth-order valence-corrected chi connectivity index (χ4v) is 1.93. The average molecular weight is 346 g/mol. The van der Waals surface area contributed by atoms with Gasteiger partial charge in [0.05, 0.1) is 6.54 Å². The van der Waals surface area contributed by atoms with Gasteiger partial charge in [0.1, 0.15) is 6.04 Å². The summed E-state index contributed by atoms with van der Waals surface area (Å²) in [6, 6.07) is 7.58. The highest BCUT2D eigenvalue weighted by Crippen LogP contribution is 2.15. The van der Waals surface area contributed by atoms with Gasteiger partial charge in [-0.05, 0) is 18.1 Å². The monoisotopic (exact) mass is 346 g/mol. The van der Waals surface area contributed by atoms with Crippen LogP contribution in [0.15, 0.2) is 30.3 Å². The third-order valence-electron chi connectivity index (χ3n) is 3.30. The van der Waals surface area contributed by atoms with Gasteiger partial charge in [0.15, 0.2) is 6.61 Å². The summed E-state index contributed by atoms with van der Waals surface area (Å²) in [6.45, 7) is 1.34. The van der Waals surface area contributed by atoms with Crippen molar-refractivity contribution in [1.82, 2.24) is 5.32 Å². The van der Waals surface area contributed by atoms with Crippen molar-refractivity contribution in [3.63, 3.8) is 0 Å². The van der Waals surface area contributed by atoms with E-state index in [1.165, 1.54) is 11.9 Å². The third kappa shape index (κ3) is 6.57. The van der Waals surface area contributed by atoms with Crippen LogP contribution in [0.25, 0.3) is 0 Å². The average Bonchev–Trinajstić information content (AvgIpc) is 2.51. The van der Waals surface area contributed by atoms with Gasteiger partial charge >= 0.3 is 12.1 Å². The second-order valence-corrected chi connectivity index (χ2v) is 5.61. The van der Waals surface area contributed by atoms with Crippen LogP contribution in [-0.4, -0.2) is 44.3 Å². The van der Waals surface area contributed by atoms with Crippen molar-refractivity contribution in [1.29, 1.82) is 0 Å². The number of hydrogen-bond donors (Lipinski definition) is 1. The van der Waals surface area contributed by atoms with Crippen LogP contribution in [-0.2, 0) is 14.3 Å². The Morgan fingerprint density at radius 1 is 1.21 bits per heavy atom. The summed E-state index contributed by atoms with van der Waals surface area (Å²) in [5.41, 5.74) is 0.620. The molecular formula is C16H21F3N2O3. The van der Waals surface area contributed by atoms with E-state index in [2.05, 4.69) is 5.32 Å². The first-order valence-corrected chi connectivity index (χ1v) is 7.40. The Morgan fingerprint density at radius 3 is 2.29 bits per heavy atom. The molecule has 1 aromatic carbocycles. The van der Waals surface area contributed by atoms with Gasteiger partial charge in [-0.3, -0.25) is 14.9 Å². The summed E-state index contributed by atoms with van der Waals surface area (Å²) in [5.74, 6) is -1.78. The molecule has 0 fully saturated rings. The Hall–Kier alpha value is -2.09. The Kier molecular flexibility index (Phi) is 7.21. The van der Waals surface area contributed by atoms with Gasteiger partial charge in [-0.15, -0.1) is 0 Å². The van der Waals surface area contributed by atoms with Crippen LogP contribution in [0.5, 0.6) is 0 Å². The molecule has 5 nitrogen and oxygen atoms in total. The summed E-state index contributed by atoms with van der Waals surface area (Å²) in [4.78, 5) is 25.3. The molecule has 0 heterocycles. The van der Waals surface area contributed by atoms with Gasteiger partial charge in [0, 0.05) is 12.7 Å². The summed E-state index contributed by atoms with van der Waals surface area (Å²) in [7, 11) is 1.52. The molecule has 24 heavy (non-hydrogen) atoms. The minimum atomic E-state index is -4.43. The van der Waals surface area contributed by atoms with Gasteiger partial charge in [0.2, 0.25) is 0 Å². The van der Waals surface area contributed by atoms with Crippen LogP contribution in [0.4, 0.5) is 18.9 Å². The Morgan fingerprint density at radius 2 is 1.79 bits per heavy atom. The first-order chi connectivity index (χ1) is 11.1. The summed E-state index contributed by atoms with van der Waals surface area (Å²) in [6.07, 6.45) is -4.43. The predicted molar refractivity (Wildman–Crippen MR) is 83.5 cm³/mol. The topological polar surface area (TPSA) is 58.6 Å². The normalized spacial score (nSPS) is 12.8. The first-order valence-electron chi connectivity index (χ1n) is 7.40. The quantitative estimate of drug-likeness (QED) is 0.770. The zero-order valence-corrected chi connectivity index (χ0v) is 13.8. The molecule has 8 heteroatoms. The van der Waals surface area contributed by atoms with E-state index < -0.39 is 43.2 Å². The Labute approximate surface area is 138 Å². The van der Waals surface area contributed by atoms with E-state index in [0.29, 0.717) is 5.69 Å². The number of ether oxygens (including phenoxy) is 1. The molecule has 1 amide bonds. The largest absolute Gasteiger partial charge is 0.454 e. The van der Waals surface area contributed by atoms with Crippen molar-refractivity contribution < 1.29 is 27.5 Å². The number of carbonyl (C=O) groups is 2. The van der Waals surface area contributed by atoms with Crippen LogP contribution in [0.3, 0.4) is 0 Å². The maximum Gasteiger partial charge on any atom is 0.401 e. The molecule has 1 N–H and O–H groups in total. The number of benzene rings is 1. The van der Waals surface area contributed by atoms with Crippen LogP contribution in [0, 0.1) is 5.92 Å². The molecule has 1 rings (SSSR count). The number of carbonyl (C=O) groups excluding carboxylic acids is 2. The van der Waals surface area contributed by atoms with Crippen LogP contribution >= 0.6 is 0 Å². The van der Waals surface area contributed by atoms with E-state index in [4.69, 9.17) is 4.74 Å². The number of para-hydroxylation sites is 1. The summed E-state index contributed by atoms with van der Waals surface area (Å²) >= 11 is 0. The predicted octanol–water partition coefficient (Wildman–Crippen LogP) is 2.37. The van der Waals surface area contributed by atoms with Crippen molar-refractivity contribution in [2.75, 3.05) is 25.1 Å². The number of nitrogens with zero attached hydrogens (tertiary/aromatic N) is 1. The van der Waals surface area contributed by atoms with Crippen molar-refractivity contribution in [2.45, 2.75) is 26.1 Å². The molecule has 0 saturated heterocycles. The molecule has 0 aliphatic heterocycles. The van der Waals surface area contributed by atoms with E-state index in [0.717, 1.165) is 0 Å². The number of hydrogen-bond acceptors (Lipinski definition) is 4. The number of esters is 1. The lowest BCUT2D eigenvalue weighted by Crippen LogP contribution is -2.46. The highest BCUT2D eigenvalue weighted by atomic mass is 19.4. The molecule has 0 spiro atoms. The lowest BCUT2D eigenvalue weighted by molar-refractivity contribution is -0.153. The van der Waals surface area contributed by atoms with E-state index in [1.807, 2.05) is 0 Å². The van der Waals surface area contributed by atoms with Crippen molar-refractivity contribution in [3.05, 3.63) is 30.3 Å². The van der Waals surface area contributed by atoms with Gasteiger partial charge in [-0.2, -0.15) is 13.2 Å². The Balaban J connectivity index is 2.57. The fourth-order valence-electron chi connectivity index (χ4n) is 1.93. The van der Waals surface area contributed by atoms with E-state index in [9.17, 15) is 22.8 Å². The number of rotatable bonds is 7. The number of alkyl halides is 3. The maximum atomic E-state index is 12.3. The first kappa shape index (κ1) is 20.0. The lowest BCUT2D eigenvalue weighted by atomic mass is 10.0. The standard InChI is InChI=1S/C16H21F3N2O3/c1-11(2)14(20-10-16(17,18)19)15(23)24-9-13(22)21(3)12-7-5-4-6-8-12/h4-8,11,14,20H,9-10H2,1-3H3/t14-/m0/s1. The minimum absolute atomic E-state index is 0.415. The molecule has 0 saturated carbocycles. The van der Waals surface area contributed by atoms with E-state index >= 15 is 0 Å². The van der Waals surface area contributed by atoms with Gasteiger partial charge < -0.3 is 9.64 Å². The van der Waals surface area contributed by atoms with E-state index in [1.54, 1.807) is 44.2 Å². The molecule has 1 atom stereocenters. The number of nitrogens with one attached hydrogen (secondary N) is 1. The SMILES string of the molecule is CC(C)[C@H](NCC(F)(F)F)C(=O)OCC(=O)N(C)c1ccccc1. The van der Waals surface area contributed by atoms with Crippen LogP contribution in [0.2, 0.25) is 0 Å². The zero-order chi connectivity index (χ0) is 18.3. The van der Waals surface area contributed by atoms with E-state index in [-0.39, 0.29) is 0 Å². The van der Waals surface area contributed by atoms with Gasteiger partial charge in [-0.25, -0.2) is 0 Å². The van der Waals surface area contributed by atoms with Crippen molar-refractivity contribution >= 4 is 17.6 Å². The zero-order valence-electron chi connectivity index (χ0n) is 13.8. The summed E-state index contributed by atoms with van der Waals surface area (Å²) < 4.78 is 41.7. The molecule has 0 aliphatic carbocycles. The van der Waals surface area contributed by atoms with Crippen molar-refractivity contribution in [3.8, 4) is 0 Å². The van der Waals surface area contributed by atoms with Crippen LogP contribution < -0.4 is 10.2 Å². The molecule has 1 aromatic rings. The van der Waals surface area contributed by atoms with Gasteiger partial charge in [0.25, 0.3) is 5.91 Å². The molecule has 0 bridgehead atoms. The fraction of sp³-hybridized carbons (Fsp3) is 0.500. The minimum Gasteiger partial charge on any atom is -0.454 e. The molecule has 0 radical (unpaired) electrons. The smallest absolute Gasteiger partial charge is 0.401 e. The number of amides is 1. The van der Waals surface area contributed by atoms with Gasteiger partial charge in [-0.1, -0.05) is 32.0 Å². The highest BCUT2D eigenvalue weighted by Gasteiger charge is 2.32. The molecule has 0 unspecified atom stereocenters. The Bertz CT molecular complexity index is 547.